The van der Waals surface area contributed by atoms with Crippen LogP contribution in [0, 0.1) is 0 Å². The van der Waals surface area contributed by atoms with Crippen molar-refractivity contribution in [3.8, 4) is 5.75 Å². The molecule has 0 bridgehead atoms. The molecule has 4 rings (SSSR count). The van der Waals surface area contributed by atoms with Gasteiger partial charge in [0.2, 0.25) is 0 Å². The fraction of sp³-hybridized carbons (Fsp3) is 0.167. The molecule has 1 fully saturated rings. The SMILES string of the molecule is CCOC(=O)c1coc(N2C(=O)C(=O)C(=C(O)c3ccc(OC)cc3)C2c2ccccc2)n1. The number of hydrogen-bond donors (Lipinski definition) is 1. The van der Waals surface area contributed by atoms with Crippen LogP contribution in [-0.4, -0.2) is 41.5 Å². The van der Waals surface area contributed by atoms with E-state index >= 15 is 0 Å². The number of esters is 1. The van der Waals surface area contributed by atoms with Crippen molar-refractivity contribution in [2.75, 3.05) is 18.6 Å². The predicted molar refractivity (Wildman–Crippen MR) is 117 cm³/mol. The molecule has 3 aromatic rings. The van der Waals surface area contributed by atoms with E-state index in [4.69, 9.17) is 13.9 Å². The van der Waals surface area contributed by atoms with Gasteiger partial charge in [0.05, 0.1) is 25.3 Å². The number of anilines is 1. The van der Waals surface area contributed by atoms with Gasteiger partial charge in [0.15, 0.2) is 5.69 Å². The monoisotopic (exact) mass is 448 g/mol. The summed E-state index contributed by atoms with van der Waals surface area (Å²) in [4.78, 5) is 43.2. The summed E-state index contributed by atoms with van der Waals surface area (Å²) < 4.78 is 15.4. The standard InChI is InChI=1S/C24H20N2O7/c1-3-32-23(30)17-13-33-24(25-17)26-19(14-7-5-4-6-8-14)18(21(28)22(26)29)20(27)15-9-11-16(31-2)12-10-15/h4-13,19,27H,3H2,1-2H3. The highest BCUT2D eigenvalue weighted by Gasteiger charge is 2.49. The highest BCUT2D eigenvalue weighted by atomic mass is 16.5. The Bertz CT molecular complexity index is 1230. The van der Waals surface area contributed by atoms with Gasteiger partial charge in [-0.25, -0.2) is 9.69 Å². The summed E-state index contributed by atoms with van der Waals surface area (Å²) in [5.74, 6) is -2.37. The van der Waals surface area contributed by atoms with Gasteiger partial charge in [-0.2, -0.15) is 4.98 Å². The molecule has 0 radical (unpaired) electrons. The quantitative estimate of drug-likeness (QED) is 0.263. The molecule has 1 aliphatic rings. The normalized spacial score (nSPS) is 17.3. The summed E-state index contributed by atoms with van der Waals surface area (Å²) in [6, 6.07) is 13.8. The maximum Gasteiger partial charge on any atom is 0.360 e. The lowest BCUT2D eigenvalue weighted by molar-refractivity contribution is -0.132. The second-order valence-electron chi connectivity index (χ2n) is 7.04. The highest BCUT2D eigenvalue weighted by molar-refractivity contribution is 6.51. The second kappa shape index (κ2) is 8.99. The third-order valence-electron chi connectivity index (χ3n) is 5.11. The van der Waals surface area contributed by atoms with Gasteiger partial charge < -0.3 is 19.0 Å². The number of aromatic nitrogens is 1. The number of nitrogens with zero attached hydrogens (tertiary/aromatic N) is 2. The summed E-state index contributed by atoms with van der Waals surface area (Å²) >= 11 is 0. The number of ketones is 1. The van der Waals surface area contributed by atoms with E-state index in [1.54, 1.807) is 61.5 Å². The van der Waals surface area contributed by atoms with Gasteiger partial charge in [-0.1, -0.05) is 30.3 Å². The highest BCUT2D eigenvalue weighted by Crippen LogP contribution is 2.41. The molecule has 9 heteroatoms. The fourth-order valence-electron chi connectivity index (χ4n) is 3.56. The largest absolute Gasteiger partial charge is 0.507 e. The Morgan fingerprint density at radius 1 is 1.12 bits per heavy atom. The Morgan fingerprint density at radius 3 is 2.45 bits per heavy atom. The molecule has 2 heterocycles. The van der Waals surface area contributed by atoms with Gasteiger partial charge in [0.1, 0.15) is 17.8 Å². The minimum absolute atomic E-state index is 0.132. The van der Waals surface area contributed by atoms with Crippen molar-refractivity contribution in [1.82, 2.24) is 4.98 Å². The first-order chi connectivity index (χ1) is 16.0. The van der Waals surface area contributed by atoms with E-state index in [1.165, 1.54) is 7.11 Å². The first-order valence-corrected chi connectivity index (χ1v) is 10.1. The van der Waals surface area contributed by atoms with Crippen molar-refractivity contribution in [2.24, 2.45) is 0 Å². The smallest absolute Gasteiger partial charge is 0.360 e. The lowest BCUT2D eigenvalue weighted by Gasteiger charge is -2.21. The van der Waals surface area contributed by atoms with E-state index in [-0.39, 0.29) is 29.6 Å². The van der Waals surface area contributed by atoms with Crippen LogP contribution in [-0.2, 0) is 14.3 Å². The van der Waals surface area contributed by atoms with E-state index in [0.29, 0.717) is 16.9 Å². The van der Waals surface area contributed by atoms with Crippen molar-refractivity contribution in [3.63, 3.8) is 0 Å². The van der Waals surface area contributed by atoms with Crippen LogP contribution >= 0.6 is 0 Å². The van der Waals surface area contributed by atoms with Crippen LogP contribution in [0.15, 0.2) is 70.9 Å². The van der Waals surface area contributed by atoms with Gasteiger partial charge in [-0.3, -0.25) is 9.59 Å². The van der Waals surface area contributed by atoms with E-state index in [0.717, 1.165) is 11.2 Å². The fourth-order valence-corrected chi connectivity index (χ4v) is 3.56. The molecule has 0 spiro atoms. The van der Waals surface area contributed by atoms with Crippen LogP contribution in [0.2, 0.25) is 0 Å². The summed E-state index contributed by atoms with van der Waals surface area (Å²) in [5.41, 5.74) is 0.597. The van der Waals surface area contributed by atoms with Gasteiger partial charge in [-0.05, 0) is 36.8 Å². The maximum absolute atomic E-state index is 13.1. The zero-order valence-electron chi connectivity index (χ0n) is 17.8. The van der Waals surface area contributed by atoms with Crippen LogP contribution in [0.1, 0.15) is 34.6 Å². The molecule has 9 nitrogen and oxygen atoms in total. The number of carbonyl (C=O) groups excluding carboxylic acids is 3. The minimum atomic E-state index is -1.03. The number of methoxy groups -OCH3 is 1. The molecule has 168 valence electrons. The average molecular weight is 448 g/mol. The molecule has 1 aliphatic heterocycles. The molecule has 0 saturated carbocycles. The van der Waals surface area contributed by atoms with Crippen molar-refractivity contribution in [3.05, 3.63) is 83.3 Å². The van der Waals surface area contributed by atoms with Crippen molar-refractivity contribution in [1.29, 1.82) is 0 Å². The van der Waals surface area contributed by atoms with Crippen molar-refractivity contribution >= 4 is 29.4 Å². The lowest BCUT2D eigenvalue weighted by Crippen LogP contribution is -2.29. The number of hydrogen-bond acceptors (Lipinski definition) is 8. The number of Topliss-reactive ketones (excluding diaryl/α,β-unsaturated/α-hetero) is 1. The summed E-state index contributed by atoms with van der Waals surface area (Å²) in [7, 11) is 1.51. The number of amides is 1. The zero-order chi connectivity index (χ0) is 23.5. The Hall–Kier alpha value is -4.40. The molecule has 1 unspecified atom stereocenters. The van der Waals surface area contributed by atoms with Crippen molar-refractivity contribution < 1.29 is 33.4 Å². The third-order valence-corrected chi connectivity index (χ3v) is 5.11. The molecule has 0 aliphatic carbocycles. The Morgan fingerprint density at radius 2 is 1.82 bits per heavy atom. The number of carbonyl (C=O) groups is 3. The van der Waals surface area contributed by atoms with E-state index in [9.17, 15) is 19.5 Å². The topological polar surface area (TPSA) is 119 Å². The molecule has 1 saturated heterocycles. The Labute approximate surface area is 188 Å². The van der Waals surface area contributed by atoms with E-state index < -0.39 is 23.7 Å². The molecule has 1 atom stereocenters. The van der Waals surface area contributed by atoms with Crippen LogP contribution < -0.4 is 9.64 Å². The summed E-state index contributed by atoms with van der Waals surface area (Å²) in [5, 5.41) is 11.0. The number of aliphatic hydroxyl groups is 1. The summed E-state index contributed by atoms with van der Waals surface area (Å²) in [6.45, 7) is 1.78. The van der Waals surface area contributed by atoms with E-state index in [1.807, 2.05) is 0 Å². The lowest BCUT2D eigenvalue weighted by atomic mass is 9.95. The number of aliphatic hydroxyl groups excluding tert-OH is 1. The minimum Gasteiger partial charge on any atom is -0.507 e. The van der Waals surface area contributed by atoms with Gasteiger partial charge in [0.25, 0.3) is 5.78 Å². The molecule has 1 amide bonds. The average Bonchev–Trinajstić information content (AvgIpc) is 3.43. The zero-order valence-corrected chi connectivity index (χ0v) is 17.8. The molecule has 2 aromatic carbocycles. The molecule has 1 N–H and O–H groups in total. The number of rotatable bonds is 6. The maximum atomic E-state index is 13.1. The molecule has 1 aromatic heterocycles. The van der Waals surface area contributed by atoms with E-state index in [2.05, 4.69) is 4.98 Å². The Kier molecular flexibility index (Phi) is 5.95. The Balaban J connectivity index is 1.85. The van der Waals surface area contributed by atoms with Gasteiger partial charge in [-0.15, -0.1) is 0 Å². The van der Waals surface area contributed by atoms with Gasteiger partial charge in [0, 0.05) is 5.56 Å². The molecule has 33 heavy (non-hydrogen) atoms. The van der Waals surface area contributed by atoms with Crippen molar-refractivity contribution in [2.45, 2.75) is 13.0 Å². The number of oxazole rings is 1. The first kappa shape index (κ1) is 21.8. The third kappa shape index (κ3) is 3.96. The van der Waals surface area contributed by atoms with Gasteiger partial charge >= 0.3 is 17.9 Å². The van der Waals surface area contributed by atoms with Crippen LogP contribution in [0.3, 0.4) is 0 Å². The van der Waals surface area contributed by atoms with Crippen LogP contribution in [0.4, 0.5) is 6.01 Å². The number of benzene rings is 2. The molecular weight excluding hydrogens is 428 g/mol. The summed E-state index contributed by atoms with van der Waals surface area (Å²) in [6.07, 6.45) is 1.05. The van der Waals surface area contributed by atoms with Crippen LogP contribution in [0.5, 0.6) is 5.75 Å². The second-order valence-corrected chi connectivity index (χ2v) is 7.04. The first-order valence-electron chi connectivity index (χ1n) is 10.1. The van der Waals surface area contributed by atoms with Crippen LogP contribution in [0.25, 0.3) is 5.76 Å². The predicted octanol–water partition coefficient (Wildman–Crippen LogP) is 3.49. The number of ether oxygens (including phenoxy) is 2. The molecular formula is C24H20N2O7.